The Morgan fingerprint density at radius 2 is 1.45 bits per heavy atom. The van der Waals surface area contributed by atoms with Crippen molar-refractivity contribution >= 4 is 30.4 Å². The van der Waals surface area contributed by atoms with Gasteiger partial charge in [-0.05, 0) is 37.1 Å². The van der Waals surface area contributed by atoms with Crippen molar-refractivity contribution in [3.63, 3.8) is 0 Å². The number of esters is 2. The average Bonchev–Trinajstić information content (AvgIpc) is 2.52. The van der Waals surface area contributed by atoms with Gasteiger partial charge in [0, 0.05) is 0 Å². The Kier molecular flexibility index (Phi) is 7.33. The number of rotatable bonds is 7. The van der Waals surface area contributed by atoms with E-state index in [0.29, 0.717) is 11.8 Å². The van der Waals surface area contributed by atoms with Crippen LogP contribution < -0.4 is 0 Å². The predicted molar refractivity (Wildman–Crippen MR) is 82.8 cm³/mol. The quantitative estimate of drug-likeness (QED) is 0.254. The van der Waals surface area contributed by atoms with Crippen molar-refractivity contribution in [2.24, 2.45) is 0 Å². The summed E-state index contributed by atoms with van der Waals surface area (Å²) >= 11 is 0. The van der Waals surface area contributed by atoms with Crippen LogP contribution in [0.5, 0.6) is 0 Å². The summed E-state index contributed by atoms with van der Waals surface area (Å²) in [6, 6.07) is 6.98. The molecule has 0 heterocycles. The van der Waals surface area contributed by atoms with Crippen LogP contribution in [0.1, 0.15) is 25.0 Å². The number of benzene rings is 1. The van der Waals surface area contributed by atoms with Crippen molar-refractivity contribution < 1.29 is 23.9 Å². The van der Waals surface area contributed by atoms with Crippen molar-refractivity contribution in [1.29, 1.82) is 0 Å². The molecule has 0 radical (unpaired) electrons. The van der Waals surface area contributed by atoms with Crippen LogP contribution in [0.2, 0.25) is 0 Å². The van der Waals surface area contributed by atoms with Gasteiger partial charge >= 0.3 is 11.9 Å². The molecule has 1 rings (SSSR count). The minimum Gasteiger partial charge on any atom is -0.462 e. The van der Waals surface area contributed by atoms with E-state index in [0.717, 1.165) is 5.56 Å². The molecule has 0 aliphatic carbocycles. The monoisotopic (exact) mass is 302 g/mol. The van der Waals surface area contributed by atoms with Crippen molar-refractivity contribution in [3.8, 4) is 0 Å². The van der Waals surface area contributed by atoms with Crippen LogP contribution in [-0.4, -0.2) is 31.4 Å². The molecule has 0 saturated carbocycles. The van der Waals surface area contributed by atoms with Crippen LogP contribution in [0.3, 0.4) is 0 Å². The van der Waals surface area contributed by atoms with E-state index < -0.39 is 11.9 Å². The number of carbonyl (C=O) groups excluding carboxylic acids is 3. The van der Waals surface area contributed by atoms with E-state index in [1.807, 2.05) is 0 Å². The minimum absolute atomic E-state index is 0.153. The molecule has 0 spiro atoms. The van der Waals surface area contributed by atoms with Crippen LogP contribution >= 0.6 is 0 Å². The first-order chi connectivity index (χ1) is 10.6. The standard InChI is InChI=1S/C17H18O5/c1-3-21-16(19)15(17(20)22-4-2)12-14-9-7-13(8-10-14)6-5-11-18/h5-12H,3-4H2,1-2H3/b6-5+. The fraction of sp³-hybridized carbons (Fsp3) is 0.235. The van der Waals surface area contributed by atoms with Crippen molar-refractivity contribution in [2.75, 3.05) is 13.2 Å². The number of ether oxygens (including phenoxy) is 2. The molecule has 5 nitrogen and oxygen atoms in total. The van der Waals surface area contributed by atoms with Gasteiger partial charge in [-0.15, -0.1) is 0 Å². The molecule has 0 bridgehead atoms. The number of hydrogen-bond donors (Lipinski definition) is 0. The Bertz CT molecular complexity index is 562. The minimum atomic E-state index is -0.717. The summed E-state index contributed by atoms with van der Waals surface area (Å²) < 4.78 is 9.72. The first kappa shape index (κ1) is 17.4. The summed E-state index contributed by atoms with van der Waals surface area (Å²) in [5.74, 6) is -1.43. The van der Waals surface area contributed by atoms with Gasteiger partial charge in [0.05, 0.1) is 13.2 Å². The van der Waals surface area contributed by atoms with Crippen molar-refractivity contribution in [1.82, 2.24) is 0 Å². The Hall–Kier alpha value is -2.69. The molecule has 0 unspecified atom stereocenters. The Morgan fingerprint density at radius 3 is 1.91 bits per heavy atom. The zero-order chi connectivity index (χ0) is 16.4. The molecular weight excluding hydrogens is 284 g/mol. The van der Waals surface area contributed by atoms with E-state index in [1.165, 1.54) is 12.2 Å². The fourth-order valence-corrected chi connectivity index (χ4v) is 1.64. The molecule has 1 aromatic rings. The third-order valence-corrected chi connectivity index (χ3v) is 2.61. The second-order valence-corrected chi connectivity index (χ2v) is 4.16. The molecule has 0 aliphatic heterocycles. The van der Waals surface area contributed by atoms with Crippen LogP contribution in [0.4, 0.5) is 0 Å². The van der Waals surface area contributed by atoms with Crippen LogP contribution in [0.25, 0.3) is 12.2 Å². The molecule has 0 saturated heterocycles. The van der Waals surface area contributed by atoms with E-state index in [2.05, 4.69) is 0 Å². The van der Waals surface area contributed by atoms with Gasteiger partial charge in [0.2, 0.25) is 0 Å². The van der Waals surface area contributed by atoms with Gasteiger partial charge in [-0.2, -0.15) is 0 Å². The zero-order valence-electron chi connectivity index (χ0n) is 12.6. The summed E-state index contributed by atoms with van der Waals surface area (Å²) in [6.45, 7) is 3.67. The molecule has 22 heavy (non-hydrogen) atoms. The number of hydrogen-bond acceptors (Lipinski definition) is 5. The van der Waals surface area contributed by atoms with Gasteiger partial charge in [0.25, 0.3) is 0 Å². The predicted octanol–water partition coefficient (Wildman–Crippen LogP) is 2.41. The summed E-state index contributed by atoms with van der Waals surface area (Å²) in [6.07, 6.45) is 5.14. The largest absolute Gasteiger partial charge is 0.462 e. The molecule has 0 N–H and O–H groups in total. The van der Waals surface area contributed by atoms with Crippen LogP contribution in [-0.2, 0) is 23.9 Å². The van der Waals surface area contributed by atoms with E-state index in [4.69, 9.17) is 9.47 Å². The summed E-state index contributed by atoms with van der Waals surface area (Å²) in [5.41, 5.74) is 1.33. The molecule has 0 aliphatic rings. The second kappa shape index (κ2) is 9.28. The van der Waals surface area contributed by atoms with E-state index >= 15 is 0 Å². The molecule has 0 fully saturated rings. The summed E-state index contributed by atoms with van der Waals surface area (Å²) in [5, 5.41) is 0. The Labute approximate surface area is 129 Å². The highest BCUT2D eigenvalue weighted by Gasteiger charge is 2.20. The van der Waals surface area contributed by atoms with E-state index in [1.54, 1.807) is 44.2 Å². The Morgan fingerprint density at radius 1 is 0.955 bits per heavy atom. The van der Waals surface area contributed by atoms with Gasteiger partial charge in [0.1, 0.15) is 11.9 Å². The van der Waals surface area contributed by atoms with Crippen LogP contribution in [0.15, 0.2) is 35.9 Å². The highest BCUT2D eigenvalue weighted by Crippen LogP contribution is 2.12. The maximum Gasteiger partial charge on any atom is 0.345 e. The fourth-order valence-electron chi connectivity index (χ4n) is 1.64. The van der Waals surface area contributed by atoms with Gasteiger partial charge in [-0.1, -0.05) is 30.3 Å². The lowest BCUT2D eigenvalue weighted by Gasteiger charge is -2.06. The maximum absolute atomic E-state index is 11.8. The van der Waals surface area contributed by atoms with Crippen molar-refractivity contribution in [2.45, 2.75) is 13.8 Å². The molecule has 0 amide bonds. The smallest absolute Gasteiger partial charge is 0.345 e. The van der Waals surface area contributed by atoms with Gasteiger partial charge in [0.15, 0.2) is 0 Å². The molecule has 0 atom stereocenters. The summed E-state index contributed by atoms with van der Waals surface area (Å²) in [7, 11) is 0. The second-order valence-electron chi connectivity index (χ2n) is 4.16. The van der Waals surface area contributed by atoms with E-state index in [-0.39, 0.29) is 18.8 Å². The maximum atomic E-state index is 11.8. The van der Waals surface area contributed by atoms with Crippen LogP contribution in [0, 0.1) is 0 Å². The lowest BCUT2D eigenvalue weighted by atomic mass is 10.1. The third-order valence-electron chi connectivity index (χ3n) is 2.61. The lowest BCUT2D eigenvalue weighted by Crippen LogP contribution is -2.18. The van der Waals surface area contributed by atoms with Gasteiger partial charge < -0.3 is 9.47 Å². The SMILES string of the molecule is CCOC(=O)C(=Cc1ccc(/C=C/C=O)cc1)C(=O)OCC. The topological polar surface area (TPSA) is 69.7 Å². The molecule has 5 heteroatoms. The number of carbonyl (C=O) groups is 3. The molecule has 0 aromatic heterocycles. The molecule has 116 valence electrons. The highest BCUT2D eigenvalue weighted by atomic mass is 16.6. The lowest BCUT2D eigenvalue weighted by molar-refractivity contribution is -0.146. The molecular formula is C17H18O5. The third kappa shape index (κ3) is 5.36. The zero-order valence-corrected chi connectivity index (χ0v) is 12.6. The Balaban J connectivity index is 3.04. The number of allylic oxidation sites excluding steroid dienone is 1. The first-order valence-electron chi connectivity index (χ1n) is 6.90. The van der Waals surface area contributed by atoms with E-state index in [9.17, 15) is 14.4 Å². The van der Waals surface area contributed by atoms with Crippen molar-refractivity contribution in [3.05, 3.63) is 47.0 Å². The van der Waals surface area contributed by atoms with Gasteiger partial charge in [-0.25, -0.2) is 9.59 Å². The highest BCUT2D eigenvalue weighted by molar-refractivity contribution is 6.17. The normalized spacial score (nSPS) is 10.1. The average molecular weight is 302 g/mol. The first-order valence-corrected chi connectivity index (χ1v) is 6.90. The number of aldehydes is 1. The molecule has 1 aromatic carbocycles. The summed E-state index contributed by atoms with van der Waals surface area (Å²) in [4.78, 5) is 33.9. The van der Waals surface area contributed by atoms with Gasteiger partial charge in [-0.3, -0.25) is 4.79 Å².